The van der Waals surface area contributed by atoms with E-state index in [2.05, 4.69) is 15.9 Å². The Bertz CT molecular complexity index is 260. The quantitative estimate of drug-likeness (QED) is 0.680. The maximum atomic E-state index is 12.3. The number of carbonyl (C=O) groups excluding carboxylic acids is 1. The molecule has 0 spiro atoms. The van der Waals surface area contributed by atoms with Crippen molar-refractivity contribution in [3.8, 4) is 0 Å². The lowest BCUT2D eigenvalue weighted by molar-refractivity contribution is 0.562. The molecule has 0 amide bonds. The van der Waals surface area contributed by atoms with E-state index in [1.54, 1.807) is 6.29 Å². The maximum Gasteiger partial charge on any atom is 0.234 e. The number of halogens is 2. The second kappa shape index (κ2) is 2.92. The van der Waals surface area contributed by atoms with Crippen molar-refractivity contribution >= 4 is 22.2 Å². The van der Waals surface area contributed by atoms with Crippen molar-refractivity contribution < 1.29 is 9.18 Å². The predicted molar refractivity (Wildman–Crippen MR) is 38.9 cm³/mol. The summed E-state index contributed by atoms with van der Waals surface area (Å²) in [7, 11) is 0. The Morgan fingerprint density at radius 2 is 2.20 bits per heavy atom. The third-order valence-electron chi connectivity index (χ3n) is 1.04. The van der Waals surface area contributed by atoms with Crippen LogP contribution in [0.15, 0.2) is 22.7 Å². The van der Waals surface area contributed by atoms with Crippen LogP contribution in [0.5, 0.6) is 0 Å². The lowest BCUT2D eigenvalue weighted by Crippen LogP contribution is -1.83. The zero-order valence-corrected chi connectivity index (χ0v) is 6.48. The predicted octanol–water partition coefficient (Wildman–Crippen LogP) is 2.05. The Morgan fingerprint density at radius 1 is 1.50 bits per heavy atom. The van der Waals surface area contributed by atoms with E-state index < -0.39 is 0 Å². The second-order valence-corrected chi connectivity index (χ2v) is 2.58. The van der Waals surface area contributed by atoms with Crippen LogP contribution in [0.25, 0.3) is 0 Å². The molecule has 0 aliphatic rings. The van der Waals surface area contributed by atoms with E-state index in [0.717, 1.165) is 0 Å². The molecule has 0 bridgehead atoms. The van der Waals surface area contributed by atoms with Crippen molar-refractivity contribution in [3.05, 3.63) is 34.1 Å². The van der Waals surface area contributed by atoms with Crippen LogP contribution in [0.2, 0.25) is 0 Å². The Morgan fingerprint density at radius 3 is 2.70 bits per heavy atom. The first kappa shape index (κ1) is 7.41. The molecule has 0 aliphatic heterocycles. The Hall–Kier alpha value is -0.700. The summed E-state index contributed by atoms with van der Waals surface area (Å²) >= 11 is 3.00. The normalized spacial score (nSPS) is 9.40. The molecule has 0 heterocycles. The fourth-order valence-electron chi connectivity index (χ4n) is 0.572. The van der Waals surface area contributed by atoms with E-state index >= 15 is 0 Å². The van der Waals surface area contributed by atoms with Crippen molar-refractivity contribution in [1.29, 1.82) is 0 Å². The van der Waals surface area contributed by atoms with Gasteiger partial charge in [0.2, 0.25) is 6.29 Å². The highest BCUT2D eigenvalue weighted by atomic mass is 79.9. The Balaban J connectivity index is 3.19. The third-order valence-corrected chi connectivity index (χ3v) is 1.70. The molecule has 0 fully saturated rings. The van der Waals surface area contributed by atoms with Gasteiger partial charge in [0.25, 0.3) is 0 Å². The van der Waals surface area contributed by atoms with Gasteiger partial charge in [-0.1, -0.05) is 0 Å². The molecule has 51 valence electrons. The molecule has 0 atom stereocenters. The van der Waals surface area contributed by atoms with Crippen molar-refractivity contribution in [2.75, 3.05) is 0 Å². The third kappa shape index (κ3) is 1.42. The second-order valence-electron chi connectivity index (χ2n) is 1.73. The molecule has 0 saturated heterocycles. The molecule has 0 N–H and O–H groups in total. The van der Waals surface area contributed by atoms with Gasteiger partial charge in [-0.05, 0) is 34.1 Å². The summed E-state index contributed by atoms with van der Waals surface area (Å²) in [6, 6.07) is 3.80. The standard InChI is InChI=1S/C7H3BrFO/c8-7-3-6(9)2-1-5(7)4-10/h1-3H. The summed E-state index contributed by atoms with van der Waals surface area (Å²) in [6.45, 7) is 0. The molecule has 10 heavy (non-hydrogen) atoms. The van der Waals surface area contributed by atoms with Gasteiger partial charge in [0.05, 0.1) is 0 Å². The van der Waals surface area contributed by atoms with Crippen molar-refractivity contribution in [2.24, 2.45) is 0 Å². The molecule has 0 unspecified atom stereocenters. The van der Waals surface area contributed by atoms with Crippen molar-refractivity contribution in [1.82, 2.24) is 0 Å². The minimum Gasteiger partial charge on any atom is -0.285 e. The van der Waals surface area contributed by atoms with Crippen LogP contribution in [0.4, 0.5) is 4.39 Å². The molecule has 1 aromatic carbocycles. The molecule has 0 aromatic heterocycles. The zero-order chi connectivity index (χ0) is 7.56. The first-order valence-corrected chi connectivity index (χ1v) is 3.36. The average Bonchev–Trinajstić information content (AvgIpc) is 1.88. The molecule has 1 nitrogen and oxygen atoms in total. The molecule has 1 aromatic rings. The van der Waals surface area contributed by atoms with Gasteiger partial charge in [-0.25, -0.2) is 4.39 Å². The number of hydrogen-bond acceptors (Lipinski definition) is 1. The highest BCUT2D eigenvalue weighted by Gasteiger charge is 1.98. The van der Waals surface area contributed by atoms with Crippen LogP contribution in [0.3, 0.4) is 0 Å². The van der Waals surface area contributed by atoms with E-state index in [4.69, 9.17) is 0 Å². The van der Waals surface area contributed by atoms with Gasteiger partial charge in [-0.3, -0.25) is 4.79 Å². The maximum absolute atomic E-state index is 12.3. The topological polar surface area (TPSA) is 17.1 Å². The molecular weight excluding hydrogens is 199 g/mol. The van der Waals surface area contributed by atoms with Crippen LogP contribution >= 0.6 is 15.9 Å². The van der Waals surface area contributed by atoms with Crippen LogP contribution in [0.1, 0.15) is 5.56 Å². The van der Waals surface area contributed by atoms with Gasteiger partial charge >= 0.3 is 0 Å². The van der Waals surface area contributed by atoms with E-state index in [0.29, 0.717) is 10.0 Å². The summed E-state index contributed by atoms with van der Waals surface area (Å²) in [5, 5.41) is 0. The van der Waals surface area contributed by atoms with Gasteiger partial charge in [0.15, 0.2) is 0 Å². The van der Waals surface area contributed by atoms with Crippen LogP contribution in [-0.2, 0) is 4.79 Å². The Kier molecular flexibility index (Phi) is 2.17. The summed E-state index contributed by atoms with van der Waals surface area (Å²) < 4.78 is 12.8. The Labute approximate surface area is 66.0 Å². The number of benzene rings is 1. The van der Waals surface area contributed by atoms with E-state index in [1.807, 2.05) is 0 Å². The lowest BCUT2D eigenvalue weighted by Gasteiger charge is -1.92. The van der Waals surface area contributed by atoms with E-state index in [1.165, 1.54) is 18.2 Å². The monoisotopic (exact) mass is 201 g/mol. The molecule has 0 saturated carbocycles. The van der Waals surface area contributed by atoms with Crippen molar-refractivity contribution in [2.45, 2.75) is 0 Å². The highest BCUT2D eigenvalue weighted by Crippen LogP contribution is 2.15. The number of hydrogen-bond donors (Lipinski definition) is 0. The average molecular weight is 202 g/mol. The first-order chi connectivity index (χ1) is 4.74. The minimum absolute atomic E-state index is 0.335. The van der Waals surface area contributed by atoms with Gasteiger partial charge in [0.1, 0.15) is 5.82 Å². The molecule has 1 rings (SSSR count). The zero-order valence-electron chi connectivity index (χ0n) is 4.90. The van der Waals surface area contributed by atoms with Crippen LogP contribution in [-0.4, -0.2) is 6.29 Å². The van der Waals surface area contributed by atoms with Crippen LogP contribution in [0, 0.1) is 5.82 Å². The molecule has 3 heteroatoms. The fourth-order valence-corrected chi connectivity index (χ4v) is 1.00. The summed E-state index contributed by atoms with van der Waals surface area (Å²) in [5.74, 6) is -0.370. The largest absolute Gasteiger partial charge is 0.285 e. The van der Waals surface area contributed by atoms with Gasteiger partial charge in [-0.2, -0.15) is 0 Å². The molecule has 0 aliphatic carbocycles. The van der Waals surface area contributed by atoms with Crippen molar-refractivity contribution in [3.63, 3.8) is 0 Å². The number of rotatable bonds is 1. The van der Waals surface area contributed by atoms with Gasteiger partial charge < -0.3 is 0 Å². The summed E-state index contributed by atoms with van der Waals surface area (Å²) in [5.41, 5.74) is 0.335. The first-order valence-electron chi connectivity index (χ1n) is 2.57. The van der Waals surface area contributed by atoms with Gasteiger partial charge in [0, 0.05) is 10.0 Å². The minimum atomic E-state index is -0.370. The molecular formula is C7H3BrFO. The van der Waals surface area contributed by atoms with E-state index in [9.17, 15) is 9.18 Å². The fraction of sp³-hybridized carbons (Fsp3) is 0. The van der Waals surface area contributed by atoms with Crippen LogP contribution < -0.4 is 0 Å². The molecule has 1 radical (unpaired) electrons. The SMILES string of the molecule is O=[C]c1ccc(F)cc1Br. The summed E-state index contributed by atoms with van der Waals surface area (Å²) in [4.78, 5) is 10.1. The highest BCUT2D eigenvalue weighted by molar-refractivity contribution is 9.10. The van der Waals surface area contributed by atoms with E-state index in [-0.39, 0.29) is 5.82 Å². The lowest BCUT2D eigenvalue weighted by atomic mass is 10.2. The summed E-state index contributed by atoms with van der Waals surface area (Å²) in [6.07, 6.45) is 1.66. The van der Waals surface area contributed by atoms with Gasteiger partial charge in [-0.15, -0.1) is 0 Å². The smallest absolute Gasteiger partial charge is 0.234 e.